The lowest BCUT2D eigenvalue weighted by atomic mass is 10.1. The number of amides is 1. The van der Waals surface area contributed by atoms with E-state index in [1.807, 2.05) is 0 Å². The van der Waals surface area contributed by atoms with Crippen molar-refractivity contribution in [3.05, 3.63) is 40.9 Å². The van der Waals surface area contributed by atoms with Crippen molar-refractivity contribution in [1.82, 2.24) is 15.6 Å². The molecule has 128 valence electrons. The Kier molecular flexibility index (Phi) is 4.86. The number of aromatic nitrogens is 1. The van der Waals surface area contributed by atoms with Crippen LogP contribution in [-0.4, -0.2) is 30.0 Å². The van der Waals surface area contributed by atoms with E-state index in [4.69, 9.17) is 0 Å². The zero-order valence-corrected chi connectivity index (χ0v) is 13.5. The summed E-state index contributed by atoms with van der Waals surface area (Å²) in [5, 5.41) is 8.07. The molecule has 0 bridgehead atoms. The molecule has 8 heteroatoms. The quantitative estimate of drug-likeness (QED) is 0.888. The third-order valence-corrected chi connectivity index (χ3v) is 4.70. The number of benzene rings is 1. The minimum Gasteiger partial charge on any atom is -0.347 e. The number of hydrogen-bond acceptors (Lipinski definition) is 4. The number of piperidine rings is 1. The molecule has 0 unspecified atom stereocenters. The highest BCUT2D eigenvalue weighted by molar-refractivity contribution is 7.13. The second kappa shape index (κ2) is 6.90. The van der Waals surface area contributed by atoms with Gasteiger partial charge in [0.1, 0.15) is 10.7 Å². The average Bonchev–Trinajstić information content (AvgIpc) is 3.05. The first-order valence-corrected chi connectivity index (χ1v) is 8.46. The molecule has 0 spiro atoms. The molecule has 1 amide bonds. The van der Waals surface area contributed by atoms with Crippen LogP contribution in [0.3, 0.4) is 0 Å². The van der Waals surface area contributed by atoms with Crippen molar-refractivity contribution in [2.75, 3.05) is 13.1 Å². The van der Waals surface area contributed by atoms with Crippen LogP contribution < -0.4 is 10.6 Å². The Morgan fingerprint density at radius 1 is 1.38 bits per heavy atom. The number of carbonyl (C=O) groups is 1. The summed E-state index contributed by atoms with van der Waals surface area (Å²) < 4.78 is 38.4. The molecular weight excluding hydrogens is 339 g/mol. The Morgan fingerprint density at radius 3 is 2.92 bits per heavy atom. The van der Waals surface area contributed by atoms with Gasteiger partial charge in [-0.05, 0) is 31.5 Å². The first kappa shape index (κ1) is 16.9. The molecule has 2 heterocycles. The average molecular weight is 355 g/mol. The lowest BCUT2D eigenvalue weighted by Crippen LogP contribution is -2.45. The van der Waals surface area contributed by atoms with Crippen molar-refractivity contribution >= 4 is 17.2 Å². The van der Waals surface area contributed by atoms with Crippen molar-refractivity contribution in [3.63, 3.8) is 0 Å². The van der Waals surface area contributed by atoms with Gasteiger partial charge in [0, 0.05) is 23.5 Å². The van der Waals surface area contributed by atoms with Gasteiger partial charge in [-0.25, -0.2) is 4.98 Å². The summed E-state index contributed by atoms with van der Waals surface area (Å²) in [4.78, 5) is 16.4. The van der Waals surface area contributed by atoms with Crippen molar-refractivity contribution in [3.8, 4) is 10.6 Å². The normalized spacial score (nSPS) is 18.4. The molecule has 2 aromatic rings. The number of halogens is 3. The molecule has 1 aliphatic rings. The number of hydrogen-bond donors (Lipinski definition) is 2. The maximum Gasteiger partial charge on any atom is 0.416 e. The number of carbonyl (C=O) groups excluding carboxylic acids is 1. The summed E-state index contributed by atoms with van der Waals surface area (Å²) in [6.45, 7) is 1.67. The highest BCUT2D eigenvalue weighted by atomic mass is 32.1. The smallest absolute Gasteiger partial charge is 0.347 e. The molecule has 1 atom stereocenters. The third kappa shape index (κ3) is 3.93. The van der Waals surface area contributed by atoms with E-state index in [1.165, 1.54) is 6.07 Å². The molecule has 4 nitrogen and oxygen atoms in total. The van der Waals surface area contributed by atoms with Crippen LogP contribution in [0.25, 0.3) is 10.6 Å². The molecule has 1 aliphatic heterocycles. The third-order valence-electron chi connectivity index (χ3n) is 3.81. The van der Waals surface area contributed by atoms with Crippen LogP contribution in [0.15, 0.2) is 29.6 Å². The second-order valence-electron chi connectivity index (χ2n) is 5.63. The number of thiazole rings is 1. The number of rotatable bonds is 3. The SMILES string of the molecule is O=C(N[C@H]1CCCNC1)c1csc(-c2cccc(C(F)(F)F)c2)n1. The Balaban J connectivity index is 1.74. The highest BCUT2D eigenvalue weighted by Gasteiger charge is 2.30. The van der Waals surface area contributed by atoms with E-state index >= 15 is 0 Å². The lowest BCUT2D eigenvalue weighted by molar-refractivity contribution is -0.137. The fourth-order valence-electron chi connectivity index (χ4n) is 2.57. The van der Waals surface area contributed by atoms with Gasteiger partial charge < -0.3 is 10.6 Å². The molecule has 2 N–H and O–H groups in total. The van der Waals surface area contributed by atoms with Crippen LogP contribution in [0.5, 0.6) is 0 Å². The van der Waals surface area contributed by atoms with Gasteiger partial charge in [0.15, 0.2) is 0 Å². The van der Waals surface area contributed by atoms with Gasteiger partial charge in [0.25, 0.3) is 5.91 Å². The summed E-state index contributed by atoms with van der Waals surface area (Å²) in [7, 11) is 0. The van der Waals surface area contributed by atoms with E-state index in [2.05, 4.69) is 15.6 Å². The van der Waals surface area contributed by atoms with E-state index < -0.39 is 11.7 Å². The van der Waals surface area contributed by atoms with Crippen LogP contribution in [0.1, 0.15) is 28.9 Å². The summed E-state index contributed by atoms with van der Waals surface area (Å²) >= 11 is 1.16. The maximum atomic E-state index is 12.8. The number of nitrogens with one attached hydrogen (secondary N) is 2. The second-order valence-corrected chi connectivity index (χ2v) is 6.49. The number of nitrogens with zero attached hydrogens (tertiary/aromatic N) is 1. The van der Waals surface area contributed by atoms with Crippen molar-refractivity contribution < 1.29 is 18.0 Å². The lowest BCUT2D eigenvalue weighted by Gasteiger charge is -2.23. The standard InChI is InChI=1S/C16H16F3N3OS/c17-16(18,19)11-4-1-3-10(7-11)15-22-13(9-24-15)14(23)21-12-5-2-6-20-8-12/h1,3-4,7,9,12,20H,2,5-6,8H2,(H,21,23)/t12-/m0/s1. The van der Waals surface area contributed by atoms with Gasteiger partial charge in [-0.3, -0.25) is 4.79 Å². The van der Waals surface area contributed by atoms with E-state index in [-0.39, 0.29) is 17.6 Å². The Morgan fingerprint density at radius 2 is 2.21 bits per heavy atom. The van der Waals surface area contributed by atoms with Crippen LogP contribution >= 0.6 is 11.3 Å². The van der Waals surface area contributed by atoms with E-state index in [0.29, 0.717) is 10.6 Å². The monoisotopic (exact) mass is 355 g/mol. The molecule has 0 aliphatic carbocycles. The summed E-state index contributed by atoms with van der Waals surface area (Å²) in [5.41, 5.74) is -0.138. The predicted molar refractivity (Wildman–Crippen MR) is 85.9 cm³/mol. The van der Waals surface area contributed by atoms with Gasteiger partial charge in [-0.15, -0.1) is 11.3 Å². The zero-order valence-electron chi connectivity index (χ0n) is 12.7. The molecular formula is C16H16F3N3OS. The predicted octanol–water partition coefficient (Wildman–Crippen LogP) is 3.31. The molecule has 0 saturated carbocycles. The van der Waals surface area contributed by atoms with Crippen LogP contribution in [0, 0.1) is 0 Å². The molecule has 1 aromatic heterocycles. The number of alkyl halides is 3. The Labute approximate surface area is 141 Å². The van der Waals surface area contributed by atoms with Crippen molar-refractivity contribution in [2.24, 2.45) is 0 Å². The molecule has 1 fully saturated rings. The molecule has 1 aromatic carbocycles. The van der Waals surface area contributed by atoms with Crippen LogP contribution in [0.4, 0.5) is 13.2 Å². The Hall–Kier alpha value is -1.93. The Bertz CT molecular complexity index is 723. The topological polar surface area (TPSA) is 54.0 Å². The van der Waals surface area contributed by atoms with E-state index in [1.54, 1.807) is 11.4 Å². The fourth-order valence-corrected chi connectivity index (χ4v) is 3.37. The summed E-state index contributed by atoms with van der Waals surface area (Å²) in [6.07, 6.45) is -2.50. The molecule has 0 radical (unpaired) electrons. The molecule has 3 rings (SSSR count). The van der Waals surface area contributed by atoms with E-state index in [9.17, 15) is 18.0 Å². The van der Waals surface area contributed by atoms with Crippen LogP contribution in [0.2, 0.25) is 0 Å². The van der Waals surface area contributed by atoms with Gasteiger partial charge in [0.05, 0.1) is 5.56 Å². The van der Waals surface area contributed by atoms with Gasteiger partial charge in [-0.1, -0.05) is 12.1 Å². The van der Waals surface area contributed by atoms with E-state index in [0.717, 1.165) is 49.4 Å². The highest BCUT2D eigenvalue weighted by Crippen LogP contribution is 2.33. The van der Waals surface area contributed by atoms with Gasteiger partial charge >= 0.3 is 6.18 Å². The fraction of sp³-hybridized carbons (Fsp3) is 0.375. The van der Waals surface area contributed by atoms with Gasteiger partial charge in [0.2, 0.25) is 0 Å². The van der Waals surface area contributed by atoms with Crippen molar-refractivity contribution in [1.29, 1.82) is 0 Å². The minimum atomic E-state index is -4.40. The largest absolute Gasteiger partial charge is 0.416 e. The minimum absolute atomic E-state index is 0.0601. The van der Waals surface area contributed by atoms with Gasteiger partial charge in [-0.2, -0.15) is 13.2 Å². The zero-order chi connectivity index (χ0) is 17.2. The molecule has 24 heavy (non-hydrogen) atoms. The first-order chi connectivity index (χ1) is 11.4. The van der Waals surface area contributed by atoms with Crippen LogP contribution in [-0.2, 0) is 6.18 Å². The summed E-state index contributed by atoms with van der Waals surface area (Å²) in [6, 6.07) is 5.02. The first-order valence-electron chi connectivity index (χ1n) is 7.58. The summed E-state index contributed by atoms with van der Waals surface area (Å²) in [5.74, 6) is -0.293. The molecule has 1 saturated heterocycles. The van der Waals surface area contributed by atoms with Crippen molar-refractivity contribution in [2.45, 2.75) is 25.1 Å². The maximum absolute atomic E-state index is 12.8.